The number of benzene rings is 2. The second-order valence-electron chi connectivity index (χ2n) is 5.46. The average molecular weight is 333 g/mol. The van der Waals surface area contributed by atoms with Gasteiger partial charge in [0.1, 0.15) is 12.4 Å². The van der Waals surface area contributed by atoms with Crippen molar-refractivity contribution in [2.75, 3.05) is 18.5 Å². The number of ether oxygens (including phenoxy) is 1. The van der Waals surface area contributed by atoms with Crippen LogP contribution in [0.4, 0.5) is 10.5 Å². The van der Waals surface area contributed by atoms with E-state index in [1.54, 1.807) is 24.3 Å². The van der Waals surface area contributed by atoms with Crippen molar-refractivity contribution >= 4 is 23.3 Å². The first-order chi connectivity index (χ1) is 11.0. The van der Waals surface area contributed by atoms with Gasteiger partial charge in [0.05, 0.1) is 6.54 Å². The first-order valence-corrected chi connectivity index (χ1v) is 7.84. The molecule has 0 spiro atoms. The number of carbonyl (C=O) groups excluding carboxylic acids is 1. The van der Waals surface area contributed by atoms with Gasteiger partial charge in [0.25, 0.3) is 0 Å². The predicted octanol–water partition coefficient (Wildman–Crippen LogP) is 4.47. The average Bonchev–Trinajstić information content (AvgIpc) is 2.49. The fraction of sp³-hybridized carbons (Fsp3) is 0.278. The van der Waals surface area contributed by atoms with Crippen LogP contribution in [0.5, 0.6) is 5.75 Å². The topological polar surface area (TPSA) is 50.4 Å². The number of carbonyl (C=O) groups is 1. The highest BCUT2D eigenvalue weighted by molar-refractivity contribution is 6.30. The molecule has 2 amide bonds. The molecule has 2 rings (SSSR count). The summed E-state index contributed by atoms with van der Waals surface area (Å²) in [4.78, 5) is 12.0. The third-order valence-corrected chi connectivity index (χ3v) is 3.64. The minimum Gasteiger partial charge on any atom is -0.492 e. The van der Waals surface area contributed by atoms with Crippen molar-refractivity contribution in [1.29, 1.82) is 0 Å². The molecule has 0 atom stereocenters. The molecule has 2 N–H and O–H groups in total. The molecule has 122 valence electrons. The standard InChI is InChI=1S/C18H21ClN2O2/c1-12-10-13(2)17(14(3)11-12)21-18(22)20-8-9-23-16-6-4-15(19)5-7-16/h4-7,10-11H,8-9H2,1-3H3,(H2,20,21,22). The second kappa shape index (κ2) is 7.88. The van der Waals surface area contributed by atoms with Crippen LogP contribution in [0.15, 0.2) is 36.4 Å². The summed E-state index contributed by atoms with van der Waals surface area (Å²) < 4.78 is 5.52. The van der Waals surface area contributed by atoms with E-state index in [1.807, 2.05) is 32.9 Å². The highest BCUT2D eigenvalue weighted by Crippen LogP contribution is 2.21. The Morgan fingerprint density at radius 2 is 1.70 bits per heavy atom. The van der Waals surface area contributed by atoms with Crippen molar-refractivity contribution in [3.63, 3.8) is 0 Å². The van der Waals surface area contributed by atoms with E-state index >= 15 is 0 Å². The zero-order valence-corrected chi connectivity index (χ0v) is 14.3. The summed E-state index contributed by atoms with van der Waals surface area (Å²) in [5, 5.41) is 6.33. The summed E-state index contributed by atoms with van der Waals surface area (Å²) in [6, 6.07) is 11.0. The second-order valence-corrected chi connectivity index (χ2v) is 5.89. The van der Waals surface area contributed by atoms with Gasteiger partial charge in [-0.3, -0.25) is 0 Å². The van der Waals surface area contributed by atoms with E-state index < -0.39 is 0 Å². The number of halogens is 1. The van der Waals surface area contributed by atoms with Gasteiger partial charge in [-0.2, -0.15) is 0 Å². The van der Waals surface area contributed by atoms with Crippen LogP contribution < -0.4 is 15.4 Å². The largest absolute Gasteiger partial charge is 0.492 e. The van der Waals surface area contributed by atoms with Gasteiger partial charge in [-0.1, -0.05) is 29.3 Å². The Bertz CT molecular complexity index is 661. The van der Waals surface area contributed by atoms with Crippen LogP contribution in [0.1, 0.15) is 16.7 Å². The first-order valence-electron chi connectivity index (χ1n) is 7.47. The number of amides is 2. The van der Waals surface area contributed by atoms with Gasteiger partial charge < -0.3 is 15.4 Å². The van der Waals surface area contributed by atoms with Crippen LogP contribution in [-0.4, -0.2) is 19.2 Å². The minimum atomic E-state index is -0.236. The van der Waals surface area contributed by atoms with Gasteiger partial charge in [0.15, 0.2) is 0 Å². The maximum absolute atomic E-state index is 12.0. The van der Waals surface area contributed by atoms with Crippen molar-refractivity contribution < 1.29 is 9.53 Å². The van der Waals surface area contributed by atoms with Crippen LogP contribution in [0, 0.1) is 20.8 Å². The Morgan fingerprint density at radius 3 is 2.30 bits per heavy atom. The van der Waals surface area contributed by atoms with Crippen LogP contribution in [0.2, 0.25) is 5.02 Å². The van der Waals surface area contributed by atoms with Gasteiger partial charge in [-0.15, -0.1) is 0 Å². The van der Waals surface area contributed by atoms with Gasteiger partial charge in [0, 0.05) is 10.7 Å². The zero-order valence-electron chi connectivity index (χ0n) is 13.6. The van der Waals surface area contributed by atoms with E-state index in [4.69, 9.17) is 16.3 Å². The van der Waals surface area contributed by atoms with E-state index in [0.717, 1.165) is 22.6 Å². The monoisotopic (exact) mass is 332 g/mol. The van der Waals surface area contributed by atoms with Gasteiger partial charge in [-0.25, -0.2) is 4.79 Å². The summed E-state index contributed by atoms with van der Waals surface area (Å²) in [7, 11) is 0. The molecule has 0 aliphatic heterocycles. The molecule has 2 aromatic rings. The Balaban J connectivity index is 1.78. The molecule has 0 heterocycles. The Kier molecular flexibility index (Phi) is 5.88. The van der Waals surface area contributed by atoms with Crippen molar-refractivity contribution in [3.8, 4) is 5.75 Å². The first kappa shape index (κ1) is 17.2. The summed E-state index contributed by atoms with van der Waals surface area (Å²) in [5.74, 6) is 0.724. The van der Waals surface area contributed by atoms with Crippen LogP contribution in [0.3, 0.4) is 0 Å². The normalized spacial score (nSPS) is 10.3. The lowest BCUT2D eigenvalue weighted by Crippen LogP contribution is -2.32. The molecule has 23 heavy (non-hydrogen) atoms. The van der Waals surface area contributed by atoms with Crippen molar-refractivity contribution in [3.05, 3.63) is 58.1 Å². The van der Waals surface area contributed by atoms with Crippen molar-refractivity contribution in [1.82, 2.24) is 5.32 Å². The van der Waals surface area contributed by atoms with E-state index in [0.29, 0.717) is 18.2 Å². The van der Waals surface area contributed by atoms with E-state index in [-0.39, 0.29) is 6.03 Å². The molecule has 0 aliphatic rings. The fourth-order valence-electron chi connectivity index (χ4n) is 2.40. The summed E-state index contributed by atoms with van der Waals surface area (Å²) in [6.07, 6.45) is 0. The summed E-state index contributed by atoms with van der Waals surface area (Å²) in [6.45, 7) is 6.82. The van der Waals surface area contributed by atoms with Gasteiger partial charge in [0.2, 0.25) is 0 Å². The molecule has 0 saturated carbocycles. The molecule has 0 aromatic heterocycles. The smallest absolute Gasteiger partial charge is 0.319 e. The maximum Gasteiger partial charge on any atom is 0.319 e. The Labute approximate surface area is 141 Å². The highest BCUT2D eigenvalue weighted by atomic mass is 35.5. The number of hydrogen-bond donors (Lipinski definition) is 2. The Hall–Kier alpha value is -2.20. The predicted molar refractivity (Wildman–Crippen MR) is 94.6 cm³/mol. The number of nitrogens with one attached hydrogen (secondary N) is 2. The van der Waals surface area contributed by atoms with Crippen molar-refractivity contribution in [2.24, 2.45) is 0 Å². The van der Waals surface area contributed by atoms with E-state index in [9.17, 15) is 4.79 Å². The molecule has 0 unspecified atom stereocenters. The molecular formula is C18H21ClN2O2. The van der Waals surface area contributed by atoms with Crippen molar-refractivity contribution in [2.45, 2.75) is 20.8 Å². The lowest BCUT2D eigenvalue weighted by atomic mass is 10.1. The molecule has 2 aromatic carbocycles. The number of hydrogen-bond acceptors (Lipinski definition) is 2. The summed E-state index contributed by atoms with van der Waals surface area (Å²) >= 11 is 5.81. The Morgan fingerprint density at radius 1 is 1.09 bits per heavy atom. The van der Waals surface area contributed by atoms with Gasteiger partial charge in [-0.05, 0) is 56.2 Å². The van der Waals surface area contributed by atoms with E-state index in [1.165, 1.54) is 5.56 Å². The molecule has 0 radical (unpaired) electrons. The highest BCUT2D eigenvalue weighted by Gasteiger charge is 2.07. The minimum absolute atomic E-state index is 0.236. The van der Waals surface area contributed by atoms with Crippen LogP contribution in [-0.2, 0) is 0 Å². The summed E-state index contributed by atoms with van der Waals surface area (Å²) in [5.41, 5.74) is 4.14. The van der Waals surface area contributed by atoms with Crippen LogP contribution in [0.25, 0.3) is 0 Å². The molecule has 0 fully saturated rings. The molecule has 0 saturated heterocycles. The fourth-order valence-corrected chi connectivity index (χ4v) is 2.53. The molecular weight excluding hydrogens is 312 g/mol. The quantitative estimate of drug-likeness (QED) is 0.794. The number of aryl methyl sites for hydroxylation is 3. The zero-order chi connectivity index (χ0) is 16.8. The number of urea groups is 1. The van der Waals surface area contributed by atoms with E-state index in [2.05, 4.69) is 10.6 Å². The molecule has 5 heteroatoms. The molecule has 0 aliphatic carbocycles. The third-order valence-electron chi connectivity index (χ3n) is 3.39. The number of rotatable bonds is 5. The lowest BCUT2D eigenvalue weighted by Gasteiger charge is -2.14. The van der Waals surface area contributed by atoms with Crippen LogP contribution >= 0.6 is 11.6 Å². The number of anilines is 1. The lowest BCUT2D eigenvalue weighted by molar-refractivity contribution is 0.247. The molecule has 4 nitrogen and oxygen atoms in total. The maximum atomic E-state index is 12.0. The van der Waals surface area contributed by atoms with Gasteiger partial charge >= 0.3 is 6.03 Å². The third kappa shape index (κ3) is 5.18. The SMILES string of the molecule is Cc1cc(C)c(NC(=O)NCCOc2ccc(Cl)cc2)c(C)c1. The molecule has 0 bridgehead atoms.